The van der Waals surface area contributed by atoms with Crippen LogP contribution in [-0.2, 0) is 56.7 Å². The van der Waals surface area contributed by atoms with Gasteiger partial charge in [0.2, 0.25) is 0 Å². The number of halogens is 6. The fourth-order valence-electron chi connectivity index (χ4n) is 9.11. The van der Waals surface area contributed by atoms with E-state index >= 15 is 0 Å². The molecule has 3 aromatic carbocycles. The zero-order chi connectivity index (χ0) is 70.4. The van der Waals surface area contributed by atoms with Crippen LogP contribution in [0, 0.1) is 5.82 Å². The molecule has 562 valence electrons. The average Bonchev–Trinajstić information content (AvgIpc) is 1.86. The Balaban J connectivity index is -0.000000294. The summed E-state index contributed by atoms with van der Waals surface area (Å²) in [4.78, 5) is 16.1. The molecule has 6 aromatic rings. The van der Waals surface area contributed by atoms with Crippen molar-refractivity contribution in [2.75, 3.05) is 75.2 Å². The minimum Gasteiger partial charge on any atom is -1.00 e. The summed E-state index contributed by atoms with van der Waals surface area (Å²) in [6.07, 6.45) is 29.0. The van der Waals surface area contributed by atoms with Gasteiger partial charge in [0, 0.05) is 52.9 Å². The third-order valence-electron chi connectivity index (χ3n) is 14.4. The SMILES string of the molecule is CB(O)NCCCCN(CCCCNB(C)O)c1ccc(N=Nc2n(C)cc[n+]2C)cc1.CB=O.CCCCCNCCCCCB(C)O.Cn1cc[n+](C)c1N=Nc1ccc(F)cc1.Cn1cc[n+](C)c1N=Nc1ccc(N(CCCC[NH3+])CCCC[NH3+])cc1.O=CO[O-].[Cl-].[Cl-].[I-].[I-].[I-].[Na+]. The van der Waals surface area contributed by atoms with Gasteiger partial charge < -0.3 is 159 Å². The Bertz CT molecular complexity index is 2910. The number of hydrogen-bond donors (Lipinski definition) is 8. The summed E-state index contributed by atoms with van der Waals surface area (Å²) in [6.45, 7) is 18.7. The first-order chi connectivity index (χ1) is 45.8. The molecule has 0 atom stereocenters. The van der Waals surface area contributed by atoms with Crippen LogP contribution in [0.25, 0.3) is 0 Å². The number of rotatable bonds is 39. The molecule has 0 radical (unpaired) electrons. The van der Waals surface area contributed by atoms with E-state index in [0.29, 0.717) is 5.69 Å². The minimum absolute atomic E-state index is 0. The van der Waals surface area contributed by atoms with E-state index in [9.17, 15) is 14.4 Å². The van der Waals surface area contributed by atoms with Crippen LogP contribution in [0.15, 0.2) is 141 Å². The van der Waals surface area contributed by atoms with Gasteiger partial charge in [0.1, 0.15) is 22.9 Å². The molecule has 0 aliphatic rings. The quantitative estimate of drug-likeness (QED) is 0.00261. The Morgan fingerprint density at radius 1 is 0.554 bits per heavy atom. The molecule has 37 heteroatoms. The van der Waals surface area contributed by atoms with E-state index in [1.165, 1.54) is 94.7 Å². The van der Waals surface area contributed by atoms with E-state index in [1.807, 2.05) is 138 Å². The molecule has 0 fully saturated rings. The molecule has 3 aromatic heterocycles. The second-order valence-electron chi connectivity index (χ2n) is 22.9. The molecule has 12 N–H and O–H groups in total. The molecule has 0 unspecified atom stereocenters. The van der Waals surface area contributed by atoms with Gasteiger partial charge in [-0.25, -0.2) is 31.8 Å². The van der Waals surface area contributed by atoms with Crippen molar-refractivity contribution in [3.8, 4) is 0 Å². The first kappa shape index (κ1) is 109. The van der Waals surface area contributed by atoms with Gasteiger partial charge in [-0.15, -0.1) is 0 Å². The van der Waals surface area contributed by atoms with Crippen molar-refractivity contribution in [1.82, 2.24) is 29.5 Å². The van der Waals surface area contributed by atoms with Gasteiger partial charge in [0.05, 0.1) is 92.6 Å². The summed E-state index contributed by atoms with van der Waals surface area (Å²) in [5, 5.41) is 71.3. The van der Waals surface area contributed by atoms with E-state index in [0.717, 1.165) is 134 Å². The fraction of sp³-hybridized carbons (Fsp3) is 0.562. The number of unbranched alkanes of at least 4 members (excludes halogenated alkanes) is 8. The zero-order valence-electron chi connectivity index (χ0n) is 61.9. The van der Waals surface area contributed by atoms with Crippen LogP contribution < -0.4 is 182 Å². The van der Waals surface area contributed by atoms with Gasteiger partial charge >= 0.3 is 80.2 Å². The summed E-state index contributed by atoms with van der Waals surface area (Å²) in [6, 6.07) is 22.5. The first-order valence-electron chi connectivity index (χ1n) is 33.4. The summed E-state index contributed by atoms with van der Waals surface area (Å²) in [5.74, 6) is 2.05. The monoisotopic (exact) mass is 1800 g/mol. The Morgan fingerprint density at radius 2 is 0.861 bits per heavy atom. The van der Waals surface area contributed by atoms with Gasteiger partial charge in [0.15, 0.2) is 0 Å². The normalized spacial score (nSPS) is 10.0. The van der Waals surface area contributed by atoms with Crippen LogP contribution in [0.3, 0.4) is 0 Å². The Labute approximate surface area is 688 Å². The predicted octanol–water partition coefficient (Wildman–Crippen LogP) is -11.4. The van der Waals surface area contributed by atoms with Gasteiger partial charge in [-0.2, -0.15) is 0 Å². The second kappa shape index (κ2) is 70.8. The van der Waals surface area contributed by atoms with Gasteiger partial charge in [0.25, 0.3) is 13.4 Å². The third kappa shape index (κ3) is 53.9. The molecule has 6 rings (SSSR count). The Hall–Kier alpha value is -3.44. The Kier molecular flexibility index (Phi) is 76.1. The number of carbonyl (C=O) groups excluding carboxylic acids is 1. The number of anilines is 2. The smallest absolute Gasteiger partial charge is 1.00 e. The molecular weight excluding hydrogens is 1680 g/mol. The van der Waals surface area contributed by atoms with Crippen molar-refractivity contribution < 1.29 is 191 Å². The largest absolute Gasteiger partial charge is 1.00 e. The molecule has 0 aliphatic carbocycles. The molecule has 3 heterocycles. The third-order valence-corrected chi connectivity index (χ3v) is 14.4. The molecule has 0 aliphatic heterocycles. The molecule has 0 amide bonds. The first-order valence-corrected chi connectivity index (χ1v) is 33.4. The van der Waals surface area contributed by atoms with E-state index < -0.39 is 14.1 Å². The summed E-state index contributed by atoms with van der Waals surface area (Å²) in [7, 11) is 11.4. The number of nitrogens with one attached hydrogen (secondary N) is 3. The number of carbonyl (C=O) groups is 1. The molecule has 101 heavy (non-hydrogen) atoms. The van der Waals surface area contributed by atoms with E-state index in [-0.39, 0.29) is 146 Å². The molecule has 0 spiro atoms. The summed E-state index contributed by atoms with van der Waals surface area (Å²) in [5.41, 5.74) is 12.6. The number of azo groups is 3. The van der Waals surface area contributed by atoms with Crippen molar-refractivity contribution in [3.05, 3.63) is 116 Å². The topological polar surface area (TPSA) is 326 Å². The van der Waals surface area contributed by atoms with Crippen LogP contribution in [0.5, 0.6) is 0 Å². The average molecular weight is 1800 g/mol. The standard InChI is InChI=1S/C21H38B2N7O2.C19H32N7.C11H26BNO.C11H12FN4.CH3BO.CH2O3.2ClH.3HI.Na/c1-22(31)24-13-5-7-15-30(16-8-6-14-25-23(2)32)20-11-9-19(10-12-20)26-27-21-28(3)17-18-29(21)4;1-24-15-16-25(2)19(24)23-22-17-7-9-18(10-8-17)26(13-5-3-11-20)14-6-4-12-21;1-3-4-7-10-13-11-8-5-6-9-12(2)14;1-15-7-8-16(2)11(15)14-13-10-5-3-9(12)4-6-10;1-2-3;2-1-4-3;;;;;;/h9-12,17-18,24-25,31-32H,5-8,13-16H2,1-4H3;7-10,15-16H,3-6,11-14,20-21H2,1-2H3;13-14H,3-11H2,1-2H3;3-8H,1-2H3;1H3;1,3H;5*1H;/q2*+1;;+1;;;;;;;;+1/p-4. The van der Waals surface area contributed by atoms with Crippen molar-refractivity contribution in [1.29, 1.82) is 0 Å². The second-order valence-corrected chi connectivity index (χ2v) is 22.9. The number of quaternary nitrogens is 2. The van der Waals surface area contributed by atoms with E-state index in [4.69, 9.17) is 19.8 Å². The van der Waals surface area contributed by atoms with Crippen molar-refractivity contribution in [2.45, 2.75) is 130 Å². The molecule has 0 saturated carbocycles. The van der Waals surface area contributed by atoms with Crippen LogP contribution in [0.2, 0.25) is 33.6 Å². The number of imidazole rings is 3. The maximum absolute atomic E-state index is 12.6. The number of nitrogens with zero attached hydrogens (tertiary/aromatic N) is 14. The number of aromatic nitrogens is 6. The maximum Gasteiger partial charge on any atom is 1.00 e. The minimum atomic E-state index is -0.466. The van der Waals surface area contributed by atoms with Gasteiger partial charge in [-0.3, -0.25) is 4.79 Å². The van der Waals surface area contributed by atoms with Crippen LogP contribution >= 0.6 is 0 Å². The maximum atomic E-state index is 12.6. The summed E-state index contributed by atoms with van der Waals surface area (Å²) >= 11 is 0. The summed E-state index contributed by atoms with van der Waals surface area (Å²) < 4.78 is 32.9. The molecule has 26 nitrogen and oxygen atoms in total. The van der Waals surface area contributed by atoms with Gasteiger partial charge in [-0.05, 0) is 183 Å². The molecular formula is C64H114B4Cl2FI3N19NaO7. The fourth-order valence-corrected chi connectivity index (χ4v) is 9.11. The number of aryl methyl sites for hydroxylation is 6. The van der Waals surface area contributed by atoms with E-state index in [2.05, 4.69) is 104 Å². The number of hydrogen-bond acceptors (Lipinski definition) is 18. The number of benzene rings is 3. The van der Waals surface area contributed by atoms with Crippen LogP contribution in [0.1, 0.15) is 96.8 Å². The van der Waals surface area contributed by atoms with Crippen LogP contribution in [0.4, 0.5) is 50.7 Å². The van der Waals surface area contributed by atoms with Crippen molar-refractivity contribution in [3.63, 3.8) is 0 Å². The van der Waals surface area contributed by atoms with Crippen LogP contribution in [-0.4, -0.2) is 129 Å². The van der Waals surface area contributed by atoms with Crippen molar-refractivity contribution >= 4 is 80.9 Å². The molecule has 0 bridgehead atoms. The Morgan fingerprint density at radius 3 is 1.14 bits per heavy atom. The molecule has 0 saturated heterocycles. The van der Waals surface area contributed by atoms with Gasteiger partial charge in [-0.1, -0.05) is 54.8 Å². The zero-order valence-corrected chi connectivity index (χ0v) is 71.9. The van der Waals surface area contributed by atoms with Crippen molar-refractivity contribution in [2.24, 2.45) is 73.0 Å². The predicted molar refractivity (Wildman–Crippen MR) is 376 cm³/mol. The van der Waals surface area contributed by atoms with E-state index in [1.54, 1.807) is 25.8 Å².